The molecule has 65 heavy (non-hydrogen) atoms. The summed E-state index contributed by atoms with van der Waals surface area (Å²) in [7, 11) is 7.67. The Hall–Kier alpha value is -5.80. The first kappa shape index (κ1) is 43.1. The fraction of sp³-hybridized carbons (Fsp3) is 0.451. The third-order valence-corrected chi connectivity index (χ3v) is 15.6. The minimum atomic E-state index is -0.541. The van der Waals surface area contributed by atoms with Crippen molar-refractivity contribution in [1.82, 2.24) is 19.3 Å². The maximum absolute atomic E-state index is 14.4. The lowest BCUT2D eigenvalue weighted by atomic mass is 9.70. The number of fused-ring (bicyclic) bond motifs is 11. The SMILES string of the molecule is CC[C@]12C=C(C(=O)OC)c3c(C[C@@H]4Nc5cc(OC)c(OC)c(OC)c5C[C@H]4c4c5n(c6ccccc46)[C@H]4N(O)CCC[C@@]4(CC)C=C5C(=O)OC)c4ccccc4n3[C@H]1N(O)CCC2. The van der Waals surface area contributed by atoms with Crippen LogP contribution in [0.5, 0.6) is 17.2 Å². The topological polar surface area (TPSA) is 149 Å². The van der Waals surface area contributed by atoms with Gasteiger partial charge in [0.1, 0.15) is 12.3 Å². The third kappa shape index (κ3) is 6.20. The Morgan fingerprint density at radius 3 is 1.82 bits per heavy atom. The van der Waals surface area contributed by atoms with Gasteiger partial charge in [0.2, 0.25) is 5.75 Å². The van der Waals surface area contributed by atoms with Gasteiger partial charge >= 0.3 is 11.9 Å². The Balaban J connectivity index is 1.26. The summed E-state index contributed by atoms with van der Waals surface area (Å²) in [5.74, 6) is 0.288. The molecule has 7 heterocycles. The second-order valence-corrected chi connectivity index (χ2v) is 18.4. The van der Waals surface area contributed by atoms with E-state index in [4.69, 9.17) is 23.7 Å². The summed E-state index contributed by atoms with van der Waals surface area (Å²) in [6, 6.07) is 18.0. The molecule has 5 aromatic rings. The molecule has 0 saturated carbocycles. The Bertz CT molecular complexity index is 2810. The maximum atomic E-state index is 14.4. The number of piperidine rings is 2. The smallest absolute Gasteiger partial charge is 0.339 e. The number of aromatic nitrogens is 2. The highest BCUT2D eigenvalue weighted by Crippen LogP contribution is 2.58. The summed E-state index contributed by atoms with van der Waals surface area (Å²) < 4.78 is 33.6. The number of hydroxylamine groups is 4. The summed E-state index contributed by atoms with van der Waals surface area (Å²) in [5, 5.41) is 32.6. The highest BCUT2D eigenvalue weighted by Gasteiger charge is 2.52. The second-order valence-electron chi connectivity index (χ2n) is 18.4. The van der Waals surface area contributed by atoms with Gasteiger partial charge in [-0.1, -0.05) is 62.4 Å². The fourth-order valence-corrected chi connectivity index (χ4v) is 12.7. The van der Waals surface area contributed by atoms with Crippen molar-refractivity contribution in [2.75, 3.05) is 54.0 Å². The van der Waals surface area contributed by atoms with Gasteiger partial charge in [-0.15, -0.1) is 0 Å². The van der Waals surface area contributed by atoms with Crippen LogP contribution in [0.1, 0.15) is 98.7 Å². The molecule has 5 aliphatic rings. The Labute approximate surface area is 378 Å². The van der Waals surface area contributed by atoms with Crippen molar-refractivity contribution in [2.45, 2.75) is 89.5 Å². The Kier molecular flexibility index (Phi) is 10.8. The van der Waals surface area contributed by atoms with Gasteiger partial charge in [0.05, 0.1) is 69.1 Å². The molecule has 3 N–H and O–H groups in total. The van der Waals surface area contributed by atoms with Crippen LogP contribution in [0.2, 0.25) is 0 Å². The normalized spacial score (nSPS) is 26.1. The average molecular weight is 886 g/mol. The average Bonchev–Trinajstić information content (AvgIpc) is 3.84. The van der Waals surface area contributed by atoms with E-state index in [1.807, 2.05) is 30.3 Å². The van der Waals surface area contributed by atoms with E-state index >= 15 is 0 Å². The number of nitrogens with zero attached hydrogens (tertiary/aromatic N) is 4. The van der Waals surface area contributed by atoms with E-state index in [0.717, 1.165) is 69.9 Å². The zero-order valence-electron chi connectivity index (χ0n) is 38.3. The number of nitrogens with one attached hydrogen (secondary N) is 1. The van der Waals surface area contributed by atoms with Gasteiger partial charge in [-0.3, -0.25) is 0 Å². The first-order chi connectivity index (χ1) is 31.5. The summed E-state index contributed by atoms with van der Waals surface area (Å²) in [6.07, 6.45) is 8.65. The lowest BCUT2D eigenvalue weighted by Crippen LogP contribution is -2.49. The van der Waals surface area contributed by atoms with E-state index < -0.39 is 35.1 Å². The van der Waals surface area contributed by atoms with Gasteiger partial charge in [0.15, 0.2) is 11.5 Å². The summed E-state index contributed by atoms with van der Waals surface area (Å²) in [5.41, 5.74) is 6.67. The van der Waals surface area contributed by atoms with Crippen molar-refractivity contribution in [3.8, 4) is 17.2 Å². The van der Waals surface area contributed by atoms with Gasteiger partial charge in [-0.25, -0.2) is 9.59 Å². The van der Waals surface area contributed by atoms with Crippen LogP contribution in [0, 0.1) is 10.8 Å². The van der Waals surface area contributed by atoms with Gasteiger partial charge in [-0.2, -0.15) is 10.1 Å². The van der Waals surface area contributed by atoms with Crippen LogP contribution in [0.4, 0.5) is 5.69 Å². The van der Waals surface area contributed by atoms with Crippen molar-refractivity contribution in [2.24, 2.45) is 10.8 Å². The number of ether oxygens (including phenoxy) is 5. The van der Waals surface area contributed by atoms with Crippen LogP contribution in [0.15, 0.2) is 66.7 Å². The van der Waals surface area contributed by atoms with E-state index in [-0.39, 0.29) is 12.0 Å². The number of hydrogen-bond donors (Lipinski definition) is 3. The molecule has 0 unspecified atom stereocenters. The van der Waals surface area contributed by atoms with Gasteiger partial charge in [0, 0.05) is 64.0 Å². The number of anilines is 1. The molecule has 0 radical (unpaired) electrons. The van der Waals surface area contributed by atoms with E-state index in [1.165, 1.54) is 24.3 Å². The monoisotopic (exact) mass is 885 g/mol. The van der Waals surface area contributed by atoms with Crippen LogP contribution in [0.25, 0.3) is 33.0 Å². The molecular weight excluding hydrogens is 827 g/mol. The van der Waals surface area contributed by atoms with Crippen LogP contribution in [-0.4, -0.2) is 96.3 Å². The van der Waals surface area contributed by atoms with Crippen molar-refractivity contribution < 1.29 is 43.7 Å². The van der Waals surface area contributed by atoms with E-state index in [0.29, 0.717) is 78.6 Å². The van der Waals surface area contributed by atoms with E-state index in [2.05, 4.69) is 64.7 Å². The van der Waals surface area contributed by atoms with Gasteiger partial charge in [-0.05, 0) is 74.6 Å². The number of carbonyl (C=O) groups excluding carboxylic acids is 2. The predicted molar refractivity (Wildman–Crippen MR) is 246 cm³/mol. The van der Waals surface area contributed by atoms with Gasteiger partial charge < -0.3 is 48.5 Å². The zero-order valence-corrected chi connectivity index (χ0v) is 38.3. The van der Waals surface area contributed by atoms with Crippen molar-refractivity contribution in [3.63, 3.8) is 0 Å². The van der Waals surface area contributed by atoms with Crippen LogP contribution in [0.3, 0.4) is 0 Å². The fourth-order valence-electron chi connectivity index (χ4n) is 12.7. The molecular formula is C51H59N5O9. The first-order valence-electron chi connectivity index (χ1n) is 22.9. The number of benzene rings is 3. The number of hydrogen-bond acceptors (Lipinski definition) is 12. The molecule has 10 rings (SSSR count). The molecule has 0 spiro atoms. The number of carbonyl (C=O) groups is 2. The lowest BCUT2D eigenvalue weighted by Gasteiger charge is -2.50. The van der Waals surface area contributed by atoms with Gasteiger partial charge in [0.25, 0.3) is 0 Å². The Morgan fingerprint density at radius 2 is 1.26 bits per heavy atom. The molecule has 6 atom stereocenters. The first-order valence-corrected chi connectivity index (χ1v) is 22.9. The minimum absolute atomic E-state index is 0.351. The minimum Gasteiger partial charge on any atom is -0.493 e. The van der Waals surface area contributed by atoms with Crippen LogP contribution in [-0.2, 0) is 31.9 Å². The summed E-state index contributed by atoms with van der Waals surface area (Å²) in [4.78, 5) is 28.5. The number of methoxy groups -OCH3 is 5. The van der Waals surface area contributed by atoms with E-state index in [9.17, 15) is 20.0 Å². The van der Waals surface area contributed by atoms with E-state index in [1.54, 1.807) is 21.3 Å². The maximum Gasteiger partial charge on any atom is 0.339 e. The highest BCUT2D eigenvalue weighted by molar-refractivity contribution is 6.19. The molecule has 14 heteroatoms. The van der Waals surface area contributed by atoms with Crippen LogP contribution >= 0.6 is 0 Å². The standard InChI is InChI=1S/C51H59N5O9/c1-8-50-20-14-22-53(59)48(50)55-38-18-12-10-16-29(38)31(42(55)34(27-50)46(57)64-6)25-36-32(24-33-37(52-36)26-40(61-3)45(63-5)44(33)62-4)41-30-17-11-13-19-39(30)56-43(41)35(47(58)65-7)28-51(9-2)21-15-23-54(60)49(51)56/h10-13,16-19,26-28,32,36,48-49,52,59-60H,8-9,14-15,20-25H2,1-7H3/t32-,36+,48-,49-,50+,51+/m1/s1. The largest absolute Gasteiger partial charge is 0.493 e. The highest BCUT2D eigenvalue weighted by atomic mass is 16.5. The molecule has 3 aromatic carbocycles. The Morgan fingerprint density at radius 1 is 0.723 bits per heavy atom. The number of para-hydroxylation sites is 2. The molecule has 2 saturated heterocycles. The molecule has 2 fully saturated rings. The molecule has 0 amide bonds. The molecule has 0 bridgehead atoms. The lowest BCUT2D eigenvalue weighted by molar-refractivity contribution is -0.203. The quantitative estimate of drug-likeness (QED) is 0.115. The van der Waals surface area contributed by atoms with Crippen molar-refractivity contribution in [3.05, 3.63) is 94.8 Å². The molecule has 2 aromatic heterocycles. The summed E-state index contributed by atoms with van der Waals surface area (Å²) >= 11 is 0. The zero-order chi connectivity index (χ0) is 45.5. The van der Waals surface area contributed by atoms with Crippen molar-refractivity contribution in [1.29, 1.82) is 0 Å². The predicted octanol–water partition coefficient (Wildman–Crippen LogP) is 8.88. The molecule has 5 aliphatic heterocycles. The molecule has 14 nitrogen and oxygen atoms in total. The van der Waals surface area contributed by atoms with Crippen molar-refractivity contribution >= 4 is 50.6 Å². The number of esters is 2. The third-order valence-electron chi connectivity index (χ3n) is 15.6. The molecule has 0 aliphatic carbocycles. The summed E-state index contributed by atoms with van der Waals surface area (Å²) in [6.45, 7) is 5.23. The molecule has 342 valence electrons. The number of rotatable bonds is 10. The van der Waals surface area contributed by atoms with Crippen LogP contribution < -0.4 is 19.5 Å². The second kappa shape index (κ2) is 16.3.